The average Bonchev–Trinajstić information content (AvgIpc) is 3.03. The van der Waals surface area contributed by atoms with Crippen molar-refractivity contribution in [1.82, 2.24) is 4.90 Å². The molecule has 3 nitrogen and oxygen atoms in total. The Hall–Kier alpha value is -0.830. The zero-order valence-corrected chi connectivity index (χ0v) is 10.2. The zero-order chi connectivity index (χ0) is 11.5. The van der Waals surface area contributed by atoms with Gasteiger partial charge in [0.15, 0.2) is 5.78 Å². The lowest BCUT2D eigenvalue weighted by molar-refractivity contribution is -0.114. The van der Waals surface area contributed by atoms with E-state index in [4.69, 9.17) is 4.74 Å². The Morgan fingerprint density at radius 3 is 2.75 bits per heavy atom. The quantitative estimate of drug-likeness (QED) is 0.689. The van der Waals surface area contributed by atoms with Crippen LogP contribution in [0.2, 0.25) is 0 Å². The molecule has 0 aliphatic heterocycles. The van der Waals surface area contributed by atoms with Gasteiger partial charge in [-0.3, -0.25) is 4.79 Å². The predicted octanol–water partition coefficient (Wildman–Crippen LogP) is 1.98. The van der Waals surface area contributed by atoms with E-state index >= 15 is 0 Å². The normalized spacial score (nSPS) is 22.1. The molecule has 1 saturated carbocycles. The molecule has 1 unspecified atom stereocenters. The summed E-state index contributed by atoms with van der Waals surface area (Å²) >= 11 is 0. The SMILES string of the molecule is COCCN(C1=CC(=O)CC1)C(C)C1CC1. The van der Waals surface area contributed by atoms with Gasteiger partial charge in [-0.1, -0.05) is 0 Å². The number of rotatable bonds is 6. The Balaban J connectivity index is 2.01. The van der Waals surface area contributed by atoms with E-state index in [9.17, 15) is 4.79 Å². The fourth-order valence-electron chi connectivity index (χ4n) is 2.44. The first kappa shape index (κ1) is 11.6. The number of hydrogen-bond donors (Lipinski definition) is 0. The molecule has 0 aromatic carbocycles. The van der Waals surface area contributed by atoms with Crippen molar-refractivity contribution in [2.45, 2.75) is 38.6 Å². The van der Waals surface area contributed by atoms with Gasteiger partial charge in [-0.15, -0.1) is 0 Å². The second-order valence-corrected chi connectivity index (χ2v) is 4.87. The monoisotopic (exact) mass is 223 g/mol. The molecule has 0 aromatic rings. The summed E-state index contributed by atoms with van der Waals surface area (Å²) in [5, 5.41) is 0. The first-order valence-corrected chi connectivity index (χ1v) is 6.21. The van der Waals surface area contributed by atoms with Crippen LogP contribution in [0.15, 0.2) is 11.8 Å². The smallest absolute Gasteiger partial charge is 0.157 e. The van der Waals surface area contributed by atoms with Crippen LogP contribution in [0.4, 0.5) is 0 Å². The van der Waals surface area contributed by atoms with Crippen LogP contribution in [0.3, 0.4) is 0 Å². The molecule has 90 valence electrons. The molecule has 0 bridgehead atoms. The van der Waals surface area contributed by atoms with Crippen LogP contribution in [0.5, 0.6) is 0 Å². The molecule has 0 amide bonds. The number of carbonyl (C=O) groups is 1. The van der Waals surface area contributed by atoms with Gasteiger partial charge >= 0.3 is 0 Å². The lowest BCUT2D eigenvalue weighted by Gasteiger charge is -2.32. The zero-order valence-electron chi connectivity index (χ0n) is 10.2. The van der Waals surface area contributed by atoms with Gasteiger partial charge in [0.05, 0.1) is 6.61 Å². The van der Waals surface area contributed by atoms with Crippen molar-refractivity contribution >= 4 is 5.78 Å². The third-order valence-corrected chi connectivity index (χ3v) is 3.66. The second kappa shape index (κ2) is 5.00. The number of carbonyl (C=O) groups excluding carboxylic acids is 1. The number of allylic oxidation sites excluding steroid dienone is 2. The largest absolute Gasteiger partial charge is 0.383 e. The Bertz CT molecular complexity index is 294. The molecule has 0 aromatic heterocycles. The summed E-state index contributed by atoms with van der Waals surface area (Å²) in [6.45, 7) is 3.92. The molecule has 2 aliphatic carbocycles. The number of hydrogen-bond acceptors (Lipinski definition) is 3. The maximum absolute atomic E-state index is 11.3. The number of ketones is 1. The van der Waals surface area contributed by atoms with Crippen molar-refractivity contribution < 1.29 is 9.53 Å². The summed E-state index contributed by atoms with van der Waals surface area (Å²) in [6, 6.07) is 0.562. The molecular formula is C13H21NO2. The van der Waals surface area contributed by atoms with Gasteiger partial charge < -0.3 is 9.64 Å². The average molecular weight is 223 g/mol. The minimum absolute atomic E-state index is 0.278. The molecule has 0 heterocycles. The minimum Gasteiger partial charge on any atom is -0.383 e. The summed E-state index contributed by atoms with van der Waals surface area (Å²) in [5.74, 6) is 1.11. The van der Waals surface area contributed by atoms with Gasteiger partial charge in [0.25, 0.3) is 0 Å². The molecule has 1 fully saturated rings. The molecule has 1 atom stereocenters. The summed E-state index contributed by atoms with van der Waals surface area (Å²) in [7, 11) is 1.73. The van der Waals surface area contributed by atoms with Gasteiger partial charge in [-0.2, -0.15) is 0 Å². The number of methoxy groups -OCH3 is 1. The van der Waals surface area contributed by atoms with Crippen molar-refractivity contribution in [3.8, 4) is 0 Å². The maximum Gasteiger partial charge on any atom is 0.157 e. The molecule has 3 heteroatoms. The number of nitrogens with zero attached hydrogens (tertiary/aromatic N) is 1. The molecule has 0 spiro atoms. The van der Waals surface area contributed by atoms with Crippen molar-refractivity contribution in [2.24, 2.45) is 5.92 Å². The van der Waals surface area contributed by atoms with E-state index in [1.54, 1.807) is 7.11 Å². The van der Waals surface area contributed by atoms with Crippen molar-refractivity contribution in [1.29, 1.82) is 0 Å². The summed E-state index contributed by atoms with van der Waals surface area (Å²) < 4.78 is 5.16. The molecule has 0 radical (unpaired) electrons. The van der Waals surface area contributed by atoms with E-state index < -0.39 is 0 Å². The Labute approximate surface area is 97.5 Å². The van der Waals surface area contributed by atoms with Gasteiger partial charge in [0, 0.05) is 37.9 Å². The van der Waals surface area contributed by atoms with E-state index in [1.807, 2.05) is 6.08 Å². The molecule has 0 saturated heterocycles. The third kappa shape index (κ3) is 2.64. The highest BCUT2D eigenvalue weighted by molar-refractivity contribution is 5.92. The van der Waals surface area contributed by atoms with Gasteiger partial charge in [-0.25, -0.2) is 0 Å². The first-order valence-electron chi connectivity index (χ1n) is 6.21. The Morgan fingerprint density at radius 2 is 2.25 bits per heavy atom. The van der Waals surface area contributed by atoms with Gasteiger partial charge in [-0.05, 0) is 32.1 Å². The highest BCUT2D eigenvalue weighted by Crippen LogP contribution is 2.37. The highest BCUT2D eigenvalue weighted by atomic mass is 16.5. The number of ether oxygens (including phenoxy) is 1. The van der Waals surface area contributed by atoms with Crippen LogP contribution < -0.4 is 0 Å². The van der Waals surface area contributed by atoms with E-state index in [2.05, 4.69) is 11.8 Å². The van der Waals surface area contributed by atoms with E-state index in [-0.39, 0.29) is 5.78 Å². The first-order chi connectivity index (χ1) is 7.72. The van der Waals surface area contributed by atoms with Crippen LogP contribution in [0.25, 0.3) is 0 Å². The van der Waals surface area contributed by atoms with E-state index in [0.717, 1.165) is 25.5 Å². The lowest BCUT2D eigenvalue weighted by atomic mass is 10.1. The fraction of sp³-hybridized carbons (Fsp3) is 0.769. The molecule has 0 N–H and O–H groups in total. The minimum atomic E-state index is 0.278. The van der Waals surface area contributed by atoms with Crippen LogP contribution in [-0.4, -0.2) is 37.0 Å². The van der Waals surface area contributed by atoms with Crippen LogP contribution in [-0.2, 0) is 9.53 Å². The third-order valence-electron chi connectivity index (χ3n) is 3.66. The molecule has 16 heavy (non-hydrogen) atoms. The highest BCUT2D eigenvalue weighted by Gasteiger charge is 2.33. The maximum atomic E-state index is 11.3. The van der Waals surface area contributed by atoms with Gasteiger partial charge in [0.2, 0.25) is 0 Å². The Morgan fingerprint density at radius 1 is 1.50 bits per heavy atom. The predicted molar refractivity (Wildman–Crippen MR) is 63.1 cm³/mol. The molecular weight excluding hydrogens is 202 g/mol. The molecule has 2 aliphatic rings. The second-order valence-electron chi connectivity index (χ2n) is 4.87. The Kier molecular flexibility index (Phi) is 3.64. The summed E-state index contributed by atoms with van der Waals surface area (Å²) in [5.41, 5.74) is 1.22. The standard InChI is InChI=1S/C13H21NO2/c1-10(11-3-4-11)14(7-8-16-2)12-5-6-13(15)9-12/h9-11H,3-8H2,1-2H3. The van der Waals surface area contributed by atoms with E-state index in [1.165, 1.54) is 18.5 Å². The van der Waals surface area contributed by atoms with Gasteiger partial charge in [0.1, 0.15) is 0 Å². The molecule has 2 rings (SSSR count). The van der Waals surface area contributed by atoms with Crippen LogP contribution >= 0.6 is 0 Å². The fourth-order valence-corrected chi connectivity index (χ4v) is 2.44. The topological polar surface area (TPSA) is 29.5 Å². The lowest BCUT2D eigenvalue weighted by Crippen LogP contribution is -2.36. The van der Waals surface area contributed by atoms with Crippen LogP contribution in [0.1, 0.15) is 32.6 Å². The van der Waals surface area contributed by atoms with Crippen LogP contribution in [0, 0.1) is 5.92 Å². The van der Waals surface area contributed by atoms with Crippen molar-refractivity contribution in [2.75, 3.05) is 20.3 Å². The van der Waals surface area contributed by atoms with Crippen molar-refractivity contribution in [3.05, 3.63) is 11.8 Å². The summed E-state index contributed by atoms with van der Waals surface area (Å²) in [6.07, 6.45) is 6.11. The van der Waals surface area contributed by atoms with Crippen molar-refractivity contribution in [3.63, 3.8) is 0 Å². The van der Waals surface area contributed by atoms with E-state index in [0.29, 0.717) is 12.5 Å². The summed E-state index contributed by atoms with van der Waals surface area (Å²) in [4.78, 5) is 13.7.